The van der Waals surface area contributed by atoms with E-state index < -0.39 is 12.3 Å². The molecule has 20 heavy (non-hydrogen) atoms. The molecule has 0 saturated heterocycles. The van der Waals surface area contributed by atoms with Crippen LogP contribution in [-0.4, -0.2) is 16.9 Å². The largest absolute Gasteiger partial charge is 0.374 e. The van der Waals surface area contributed by atoms with Crippen LogP contribution < -0.4 is 5.32 Å². The van der Waals surface area contributed by atoms with Crippen molar-refractivity contribution in [2.45, 2.75) is 53.3 Å². The third-order valence-electron chi connectivity index (χ3n) is 3.38. The van der Waals surface area contributed by atoms with Gasteiger partial charge < -0.3 is 5.11 Å². The van der Waals surface area contributed by atoms with Crippen LogP contribution in [0, 0.1) is 5.41 Å². The number of benzene rings is 1. The number of aliphatic hydroxyl groups is 1. The van der Waals surface area contributed by atoms with Crippen LogP contribution >= 0.6 is 11.6 Å². The fraction of sp³-hybridized carbons (Fsp3) is 0.562. The molecule has 0 amide bonds. The first-order valence-electron chi connectivity index (χ1n) is 6.90. The quantitative estimate of drug-likeness (QED) is 0.818. The summed E-state index contributed by atoms with van der Waals surface area (Å²) in [4.78, 5) is 11.8. The summed E-state index contributed by atoms with van der Waals surface area (Å²) < 4.78 is 0. The summed E-state index contributed by atoms with van der Waals surface area (Å²) in [5.41, 5.74) is 1.32. The molecule has 4 heteroatoms. The van der Waals surface area contributed by atoms with Crippen LogP contribution in [0.15, 0.2) is 18.2 Å². The van der Waals surface area contributed by atoms with E-state index in [1.54, 1.807) is 6.07 Å². The predicted octanol–water partition coefficient (Wildman–Crippen LogP) is 3.49. The number of carbonyl (C=O) groups is 1. The number of ketones is 1. The van der Waals surface area contributed by atoms with Gasteiger partial charge in [0, 0.05) is 5.56 Å². The second-order valence-corrected chi connectivity index (χ2v) is 6.53. The molecule has 1 aromatic carbocycles. The molecule has 0 heterocycles. The summed E-state index contributed by atoms with van der Waals surface area (Å²) >= 11 is 6.30. The van der Waals surface area contributed by atoms with Crippen molar-refractivity contribution in [3.63, 3.8) is 0 Å². The first-order valence-corrected chi connectivity index (χ1v) is 7.28. The maximum Gasteiger partial charge on any atom is 0.147 e. The summed E-state index contributed by atoms with van der Waals surface area (Å²) in [6.07, 6.45) is -0.156. The number of aliphatic hydroxyl groups excluding tert-OH is 1. The van der Waals surface area contributed by atoms with E-state index in [0.717, 1.165) is 12.0 Å². The van der Waals surface area contributed by atoms with Crippen LogP contribution in [0.4, 0.5) is 0 Å². The first-order chi connectivity index (χ1) is 9.18. The van der Waals surface area contributed by atoms with Gasteiger partial charge >= 0.3 is 0 Å². The number of hydrogen-bond donors (Lipinski definition) is 2. The van der Waals surface area contributed by atoms with Crippen molar-refractivity contribution in [2.75, 3.05) is 0 Å². The molecule has 0 aliphatic carbocycles. The van der Waals surface area contributed by atoms with Crippen LogP contribution in [0.2, 0.25) is 5.02 Å². The van der Waals surface area contributed by atoms with Gasteiger partial charge in [-0.05, 0) is 24.3 Å². The highest BCUT2D eigenvalue weighted by Crippen LogP contribution is 2.28. The van der Waals surface area contributed by atoms with E-state index in [-0.39, 0.29) is 11.2 Å². The molecule has 0 spiro atoms. The van der Waals surface area contributed by atoms with E-state index in [4.69, 9.17) is 11.6 Å². The molecule has 0 bridgehead atoms. The van der Waals surface area contributed by atoms with Crippen molar-refractivity contribution < 1.29 is 9.90 Å². The highest BCUT2D eigenvalue weighted by molar-refractivity contribution is 6.32. The van der Waals surface area contributed by atoms with Gasteiger partial charge in [0.2, 0.25) is 0 Å². The second-order valence-electron chi connectivity index (χ2n) is 6.15. The number of hydrogen-bond acceptors (Lipinski definition) is 3. The van der Waals surface area contributed by atoms with Gasteiger partial charge in [0.1, 0.15) is 12.0 Å². The van der Waals surface area contributed by atoms with Gasteiger partial charge in [-0.15, -0.1) is 0 Å². The van der Waals surface area contributed by atoms with Crippen molar-refractivity contribution in [2.24, 2.45) is 5.41 Å². The Balaban J connectivity index is 3.01. The molecule has 112 valence electrons. The molecule has 1 unspecified atom stereocenters. The zero-order chi connectivity index (χ0) is 15.5. The summed E-state index contributed by atoms with van der Waals surface area (Å²) in [7, 11) is 0. The van der Waals surface area contributed by atoms with Crippen molar-refractivity contribution in [3.05, 3.63) is 34.3 Å². The van der Waals surface area contributed by atoms with Crippen LogP contribution in [0.5, 0.6) is 0 Å². The molecule has 3 nitrogen and oxygen atoms in total. The minimum atomic E-state index is -0.956. The van der Waals surface area contributed by atoms with Gasteiger partial charge in [-0.3, -0.25) is 10.1 Å². The lowest BCUT2D eigenvalue weighted by Crippen LogP contribution is -2.47. The summed E-state index contributed by atoms with van der Waals surface area (Å²) in [5.74, 6) is -0.000631. The Kier molecular flexibility index (Phi) is 5.75. The summed E-state index contributed by atoms with van der Waals surface area (Å²) in [6.45, 7) is 9.42. The third-order valence-corrected chi connectivity index (χ3v) is 3.84. The van der Waals surface area contributed by atoms with Gasteiger partial charge in [-0.2, -0.15) is 0 Å². The van der Waals surface area contributed by atoms with Crippen LogP contribution in [0.1, 0.15) is 52.0 Å². The summed E-state index contributed by atoms with van der Waals surface area (Å²) in [6, 6.07) is 5.15. The molecule has 0 aromatic heterocycles. The highest BCUT2D eigenvalue weighted by atomic mass is 35.5. The lowest BCUT2D eigenvalue weighted by Gasteiger charge is -2.32. The lowest BCUT2D eigenvalue weighted by molar-refractivity contribution is -0.122. The molecular formula is C16H24ClNO2. The van der Waals surface area contributed by atoms with Gasteiger partial charge in [0.15, 0.2) is 0 Å². The molecule has 2 atom stereocenters. The molecule has 0 aliphatic rings. The van der Waals surface area contributed by atoms with Gasteiger partial charge in [0.25, 0.3) is 0 Å². The number of carbonyl (C=O) groups excluding carboxylic acids is 1. The number of Topliss-reactive ketones (excluding diaryl/α,β-unsaturated/α-hetero) is 1. The molecule has 0 saturated carbocycles. The molecule has 0 fully saturated rings. The zero-order valence-corrected chi connectivity index (χ0v) is 13.6. The molecule has 0 aliphatic heterocycles. The minimum Gasteiger partial charge on any atom is -0.374 e. The van der Waals surface area contributed by atoms with Crippen LogP contribution in [-0.2, 0) is 11.2 Å². The van der Waals surface area contributed by atoms with E-state index in [9.17, 15) is 9.90 Å². The van der Waals surface area contributed by atoms with Crippen molar-refractivity contribution in [3.8, 4) is 0 Å². The standard InChI is InChI=1S/C16H24ClNO2/c1-6-11-8-7-9-12(13(11)17)15(20)18-14(10(2)19)16(3,4)5/h7-9,14-15,18,20H,6H2,1-5H3/t14-,15?/m1/s1. The average molecular weight is 298 g/mol. The van der Waals surface area contributed by atoms with Crippen LogP contribution in [0.25, 0.3) is 0 Å². The highest BCUT2D eigenvalue weighted by Gasteiger charge is 2.31. The number of nitrogens with one attached hydrogen (secondary N) is 1. The third kappa shape index (κ3) is 4.05. The number of aryl methyl sites for hydroxylation is 1. The fourth-order valence-corrected chi connectivity index (χ4v) is 2.67. The molecule has 1 rings (SSSR count). The SMILES string of the molecule is CCc1cccc(C(O)N[C@H](C(C)=O)C(C)(C)C)c1Cl. The Morgan fingerprint density at radius 3 is 2.45 bits per heavy atom. The average Bonchev–Trinajstić information content (AvgIpc) is 2.34. The van der Waals surface area contributed by atoms with Crippen molar-refractivity contribution in [1.29, 1.82) is 0 Å². The Morgan fingerprint density at radius 2 is 2.00 bits per heavy atom. The molecular weight excluding hydrogens is 274 g/mol. The maximum absolute atomic E-state index is 11.8. The van der Waals surface area contributed by atoms with E-state index in [1.807, 2.05) is 39.8 Å². The topological polar surface area (TPSA) is 49.3 Å². The molecule has 1 aromatic rings. The summed E-state index contributed by atoms with van der Waals surface area (Å²) in [5, 5.41) is 13.9. The number of halogens is 1. The van der Waals surface area contributed by atoms with Crippen LogP contribution in [0.3, 0.4) is 0 Å². The fourth-order valence-electron chi connectivity index (χ4n) is 2.31. The molecule has 0 radical (unpaired) electrons. The normalized spacial score (nSPS) is 14.9. The monoisotopic (exact) mass is 297 g/mol. The molecule has 2 N–H and O–H groups in total. The maximum atomic E-state index is 11.8. The predicted molar refractivity (Wildman–Crippen MR) is 82.8 cm³/mol. The van der Waals surface area contributed by atoms with E-state index in [2.05, 4.69) is 5.32 Å². The Morgan fingerprint density at radius 1 is 1.40 bits per heavy atom. The van der Waals surface area contributed by atoms with Gasteiger partial charge in [-0.1, -0.05) is 57.5 Å². The minimum absolute atomic E-state index is 0.000631. The van der Waals surface area contributed by atoms with E-state index in [1.165, 1.54) is 6.92 Å². The van der Waals surface area contributed by atoms with E-state index >= 15 is 0 Å². The van der Waals surface area contributed by atoms with Crippen molar-refractivity contribution >= 4 is 17.4 Å². The first kappa shape index (κ1) is 17.2. The Bertz CT molecular complexity index is 480. The van der Waals surface area contributed by atoms with Crippen molar-refractivity contribution in [1.82, 2.24) is 5.32 Å². The Hall–Kier alpha value is -0.900. The smallest absolute Gasteiger partial charge is 0.147 e. The lowest BCUT2D eigenvalue weighted by atomic mass is 9.84. The Labute approximate surface area is 126 Å². The van der Waals surface area contributed by atoms with Gasteiger partial charge in [0.05, 0.1) is 11.1 Å². The zero-order valence-electron chi connectivity index (χ0n) is 12.8. The second kappa shape index (κ2) is 6.70. The number of rotatable bonds is 5. The van der Waals surface area contributed by atoms with Gasteiger partial charge in [-0.25, -0.2) is 0 Å². The van der Waals surface area contributed by atoms with E-state index in [0.29, 0.717) is 10.6 Å².